The van der Waals surface area contributed by atoms with Crippen LogP contribution in [0.3, 0.4) is 0 Å². The summed E-state index contributed by atoms with van der Waals surface area (Å²) in [7, 11) is 4.08. The van der Waals surface area contributed by atoms with Gasteiger partial charge < -0.3 is 28.3 Å². The maximum absolute atomic E-state index is 12.5. The Morgan fingerprint density at radius 1 is 1.03 bits per heavy atom. The van der Waals surface area contributed by atoms with Gasteiger partial charge in [0.1, 0.15) is 23.7 Å². The number of ether oxygens (including phenoxy) is 4. The molecule has 2 aromatic carbocycles. The van der Waals surface area contributed by atoms with Crippen LogP contribution < -0.4 is 9.64 Å². The predicted molar refractivity (Wildman–Crippen MR) is 110 cm³/mol. The first-order valence-corrected chi connectivity index (χ1v) is 9.35. The van der Waals surface area contributed by atoms with Gasteiger partial charge >= 0.3 is 11.9 Å². The van der Waals surface area contributed by atoms with Gasteiger partial charge in [0, 0.05) is 17.3 Å². The molecule has 0 fully saturated rings. The molecular formula is C22H20N2O7. The van der Waals surface area contributed by atoms with Crippen molar-refractivity contribution < 1.29 is 33.0 Å². The van der Waals surface area contributed by atoms with Crippen molar-refractivity contribution in [2.75, 3.05) is 39.6 Å². The molecule has 3 aromatic rings. The first kappa shape index (κ1) is 20.4. The van der Waals surface area contributed by atoms with Crippen molar-refractivity contribution in [2.45, 2.75) is 0 Å². The molecule has 4 rings (SSSR count). The molecule has 1 aliphatic rings. The van der Waals surface area contributed by atoms with Crippen LogP contribution in [0.5, 0.6) is 5.75 Å². The van der Waals surface area contributed by atoms with Crippen LogP contribution in [-0.4, -0.2) is 51.6 Å². The van der Waals surface area contributed by atoms with Gasteiger partial charge in [-0.25, -0.2) is 14.6 Å². The molecule has 31 heavy (non-hydrogen) atoms. The van der Waals surface area contributed by atoms with Gasteiger partial charge in [-0.3, -0.25) is 0 Å². The number of hydrogen-bond acceptors (Lipinski definition) is 9. The lowest BCUT2D eigenvalue weighted by Crippen LogP contribution is -2.38. The van der Waals surface area contributed by atoms with E-state index in [0.29, 0.717) is 28.4 Å². The Kier molecular flexibility index (Phi) is 5.59. The molecule has 9 nitrogen and oxygen atoms in total. The first-order valence-electron chi connectivity index (χ1n) is 9.35. The monoisotopic (exact) mass is 424 g/mol. The predicted octanol–water partition coefficient (Wildman–Crippen LogP) is 2.90. The number of methoxy groups -OCH3 is 3. The fourth-order valence-corrected chi connectivity index (χ4v) is 3.31. The lowest BCUT2D eigenvalue weighted by molar-refractivity contribution is -0.140. The zero-order valence-electron chi connectivity index (χ0n) is 17.2. The van der Waals surface area contributed by atoms with Gasteiger partial charge in [-0.2, -0.15) is 0 Å². The number of benzene rings is 2. The van der Waals surface area contributed by atoms with Crippen molar-refractivity contribution in [3.05, 3.63) is 53.7 Å². The summed E-state index contributed by atoms with van der Waals surface area (Å²) in [6.07, 6.45) is 0. The molecule has 9 heteroatoms. The minimum atomic E-state index is -0.668. The molecule has 0 spiro atoms. The van der Waals surface area contributed by atoms with E-state index in [4.69, 9.17) is 23.4 Å². The molecule has 0 unspecified atom stereocenters. The third-order valence-electron chi connectivity index (χ3n) is 4.83. The van der Waals surface area contributed by atoms with Crippen LogP contribution in [0.2, 0.25) is 0 Å². The Morgan fingerprint density at radius 2 is 1.84 bits per heavy atom. The number of oxazole rings is 1. The highest BCUT2D eigenvalue weighted by Crippen LogP contribution is 2.32. The van der Waals surface area contributed by atoms with E-state index < -0.39 is 11.9 Å². The molecule has 1 aromatic heterocycles. The largest absolute Gasteiger partial charge is 0.497 e. The number of anilines is 1. The van der Waals surface area contributed by atoms with E-state index in [1.165, 1.54) is 19.1 Å². The second-order valence-electron chi connectivity index (χ2n) is 6.62. The van der Waals surface area contributed by atoms with Crippen molar-refractivity contribution >= 4 is 28.7 Å². The smallest absolute Gasteiger partial charge is 0.355 e. The number of fused-ring (bicyclic) bond motifs is 1. The molecular weight excluding hydrogens is 404 g/mol. The minimum absolute atomic E-state index is 0.0489. The summed E-state index contributed by atoms with van der Waals surface area (Å²) < 4.78 is 26.4. The van der Waals surface area contributed by atoms with E-state index in [0.717, 1.165) is 5.56 Å². The van der Waals surface area contributed by atoms with Crippen molar-refractivity contribution in [1.82, 2.24) is 4.98 Å². The summed E-state index contributed by atoms with van der Waals surface area (Å²) in [6.45, 7) is -0.00847. The van der Waals surface area contributed by atoms with Crippen molar-refractivity contribution in [3.63, 3.8) is 0 Å². The van der Waals surface area contributed by atoms with E-state index in [-0.39, 0.29) is 24.6 Å². The van der Waals surface area contributed by atoms with Gasteiger partial charge in [0.25, 0.3) is 0 Å². The number of carbonyl (C=O) groups excluding carboxylic acids is 2. The van der Waals surface area contributed by atoms with Gasteiger partial charge in [0.05, 0.1) is 33.5 Å². The van der Waals surface area contributed by atoms with Crippen molar-refractivity contribution in [2.24, 2.45) is 0 Å². The lowest BCUT2D eigenvalue weighted by Gasteiger charge is -2.31. The van der Waals surface area contributed by atoms with Crippen LogP contribution in [0.25, 0.3) is 22.6 Å². The Balaban J connectivity index is 1.76. The van der Waals surface area contributed by atoms with Gasteiger partial charge in [-0.1, -0.05) is 6.07 Å². The normalized spacial score (nSPS) is 14.0. The van der Waals surface area contributed by atoms with Gasteiger partial charge in [-0.05, 0) is 30.3 Å². The molecule has 2 heterocycles. The lowest BCUT2D eigenvalue weighted by atomic mass is 10.1. The van der Waals surface area contributed by atoms with Crippen LogP contribution in [-0.2, 0) is 23.8 Å². The maximum Gasteiger partial charge on any atom is 0.355 e. The second-order valence-corrected chi connectivity index (χ2v) is 6.62. The molecule has 0 N–H and O–H groups in total. The van der Waals surface area contributed by atoms with Crippen LogP contribution in [0, 0.1) is 0 Å². The SMILES string of the molecule is COC(=O)C1=C(C(=O)OC)N(c2ccc3nc(-c4cccc(OC)c4)oc3c2)COC1. The maximum atomic E-state index is 12.5. The summed E-state index contributed by atoms with van der Waals surface area (Å²) in [5.41, 5.74) is 2.62. The highest BCUT2D eigenvalue weighted by molar-refractivity contribution is 6.03. The van der Waals surface area contributed by atoms with Gasteiger partial charge in [0.15, 0.2) is 5.58 Å². The Hall–Kier alpha value is -3.85. The fraction of sp³-hybridized carbons (Fsp3) is 0.227. The van der Waals surface area contributed by atoms with E-state index in [1.54, 1.807) is 25.3 Å². The highest BCUT2D eigenvalue weighted by atomic mass is 16.5. The number of rotatable bonds is 5. The van der Waals surface area contributed by atoms with E-state index in [1.807, 2.05) is 24.3 Å². The highest BCUT2D eigenvalue weighted by Gasteiger charge is 2.32. The Bertz CT molecular complexity index is 1180. The molecule has 0 radical (unpaired) electrons. The third kappa shape index (κ3) is 3.82. The average molecular weight is 424 g/mol. The number of nitrogens with zero attached hydrogens (tertiary/aromatic N) is 2. The average Bonchev–Trinajstić information content (AvgIpc) is 3.26. The molecule has 0 bridgehead atoms. The minimum Gasteiger partial charge on any atom is -0.497 e. The number of carbonyl (C=O) groups is 2. The zero-order chi connectivity index (χ0) is 22.0. The standard InChI is InChI=1S/C22H20N2O7/c1-27-15-6-4-5-13(9-15)20-23-17-8-7-14(10-18(17)31-20)24-12-30-11-16(21(25)28-2)19(24)22(26)29-3/h4-10H,11-12H2,1-3H3. The van der Waals surface area contributed by atoms with Crippen LogP contribution in [0.15, 0.2) is 58.2 Å². The van der Waals surface area contributed by atoms with E-state index >= 15 is 0 Å². The molecule has 0 atom stereocenters. The molecule has 160 valence electrons. The first-order chi connectivity index (χ1) is 15.0. The Labute approximate surface area is 177 Å². The van der Waals surface area contributed by atoms with Crippen LogP contribution >= 0.6 is 0 Å². The zero-order valence-corrected chi connectivity index (χ0v) is 17.2. The molecule has 1 aliphatic heterocycles. The number of aromatic nitrogens is 1. The second kappa shape index (κ2) is 8.49. The van der Waals surface area contributed by atoms with Gasteiger partial charge in [0.2, 0.25) is 5.89 Å². The summed E-state index contributed by atoms with van der Waals surface area (Å²) in [5, 5.41) is 0. The molecule has 0 aliphatic carbocycles. The molecule has 0 saturated carbocycles. The molecule has 0 amide bonds. The topological polar surface area (TPSA) is 100 Å². The summed E-state index contributed by atoms with van der Waals surface area (Å²) in [5.74, 6) is -0.210. The fourth-order valence-electron chi connectivity index (χ4n) is 3.31. The van der Waals surface area contributed by atoms with Gasteiger partial charge in [-0.15, -0.1) is 0 Å². The van der Waals surface area contributed by atoms with E-state index in [2.05, 4.69) is 4.98 Å². The van der Waals surface area contributed by atoms with E-state index in [9.17, 15) is 9.59 Å². The number of esters is 2. The van der Waals surface area contributed by atoms with Crippen molar-refractivity contribution in [1.29, 1.82) is 0 Å². The summed E-state index contributed by atoms with van der Waals surface area (Å²) in [4.78, 5) is 30.7. The molecule has 0 saturated heterocycles. The Morgan fingerprint density at radius 3 is 2.58 bits per heavy atom. The van der Waals surface area contributed by atoms with Crippen LogP contribution in [0.1, 0.15) is 0 Å². The third-order valence-corrected chi connectivity index (χ3v) is 4.83. The van der Waals surface area contributed by atoms with Crippen molar-refractivity contribution in [3.8, 4) is 17.2 Å². The summed E-state index contributed by atoms with van der Waals surface area (Å²) in [6, 6.07) is 12.6. The number of hydrogen-bond donors (Lipinski definition) is 0. The summed E-state index contributed by atoms with van der Waals surface area (Å²) >= 11 is 0. The van der Waals surface area contributed by atoms with Crippen LogP contribution in [0.4, 0.5) is 5.69 Å². The quantitative estimate of drug-likeness (QED) is 0.572.